The molecule has 1 heterocycles. The predicted molar refractivity (Wildman–Crippen MR) is 72.9 cm³/mol. The highest BCUT2D eigenvalue weighted by molar-refractivity contribution is 5.96. The van der Waals surface area contributed by atoms with Crippen LogP contribution in [0.5, 0.6) is 0 Å². The molecule has 0 spiro atoms. The zero-order valence-corrected chi connectivity index (χ0v) is 11.4. The zero-order valence-electron chi connectivity index (χ0n) is 11.4. The molecule has 1 amide bonds. The van der Waals surface area contributed by atoms with Crippen molar-refractivity contribution in [3.8, 4) is 11.3 Å². The van der Waals surface area contributed by atoms with Crippen molar-refractivity contribution in [2.24, 2.45) is 0 Å². The molecule has 0 saturated heterocycles. The van der Waals surface area contributed by atoms with E-state index in [0.717, 1.165) is 0 Å². The number of aromatic nitrogens is 2. The number of carbonyl (C=O) groups is 2. The molecule has 0 aliphatic rings. The highest BCUT2D eigenvalue weighted by Gasteiger charge is 2.17. The van der Waals surface area contributed by atoms with Gasteiger partial charge in [-0.2, -0.15) is 5.10 Å². The number of aromatic amines is 1. The molecule has 2 N–H and O–H groups in total. The number of esters is 1. The number of hydrogen-bond acceptors (Lipinski definition) is 4. The Labute approximate surface area is 120 Å². The Morgan fingerprint density at radius 3 is 2.71 bits per heavy atom. The minimum Gasteiger partial charge on any atom is -0.461 e. The molecule has 0 atom stereocenters. The fourth-order valence-corrected chi connectivity index (χ4v) is 1.72. The normalized spacial score (nSPS) is 10.2. The second kappa shape index (κ2) is 6.65. The first kappa shape index (κ1) is 14.7. The Kier molecular flexibility index (Phi) is 4.65. The van der Waals surface area contributed by atoms with Gasteiger partial charge in [-0.15, -0.1) is 0 Å². The molecule has 0 radical (unpaired) electrons. The molecule has 2 rings (SSSR count). The van der Waals surface area contributed by atoms with Gasteiger partial charge in [0.05, 0.1) is 18.3 Å². The number of ether oxygens (including phenoxy) is 1. The van der Waals surface area contributed by atoms with Gasteiger partial charge in [0, 0.05) is 12.6 Å². The number of carbonyl (C=O) groups excluding carboxylic acids is 2. The third-order valence-electron chi connectivity index (χ3n) is 2.83. The van der Waals surface area contributed by atoms with Crippen LogP contribution < -0.4 is 5.32 Å². The summed E-state index contributed by atoms with van der Waals surface area (Å²) >= 11 is 0. The van der Waals surface area contributed by atoms with Crippen LogP contribution in [0.3, 0.4) is 0 Å². The second-order valence-corrected chi connectivity index (χ2v) is 4.22. The number of halogens is 1. The first-order valence-corrected chi connectivity index (χ1v) is 6.29. The molecular weight excluding hydrogens is 277 g/mol. The maximum absolute atomic E-state index is 12.9. The maximum Gasteiger partial charge on any atom is 0.342 e. The summed E-state index contributed by atoms with van der Waals surface area (Å²) in [6, 6.07) is 5.64. The molecule has 6 nitrogen and oxygen atoms in total. The highest BCUT2D eigenvalue weighted by Crippen LogP contribution is 2.21. The number of hydrogen-bond donors (Lipinski definition) is 2. The van der Waals surface area contributed by atoms with Gasteiger partial charge in [-0.1, -0.05) is 0 Å². The molecule has 110 valence electrons. The lowest BCUT2D eigenvalue weighted by Crippen LogP contribution is -2.20. The molecule has 21 heavy (non-hydrogen) atoms. The van der Waals surface area contributed by atoms with E-state index in [-0.39, 0.29) is 30.3 Å². The van der Waals surface area contributed by atoms with Gasteiger partial charge in [0.25, 0.3) is 0 Å². The van der Waals surface area contributed by atoms with E-state index in [2.05, 4.69) is 15.5 Å². The summed E-state index contributed by atoms with van der Waals surface area (Å²) in [5.41, 5.74) is 1.30. The Hall–Kier alpha value is -2.70. The van der Waals surface area contributed by atoms with Gasteiger partial charge in [-0.25, -0.2) is 9.18 Å². The van der Waals surface area contributed by atoms with E-state index in [1.807, 2.05) is 0 Å². The van der Waals surface area contributed by atoms with E-state index in [1.54, 1.807) is 0 Å². The lowest BCUT2D eigenvalue weighted by Gasteiger charge is -2.05. The quantitative estimate of drug-likeness (QED) is 0.818. The molecule has 0 aliphatic heterocycles. The minimum absolute atomic E-state index is 0.0213. The molecular formula is C14H14FN3O3. The van der Waals surface area contributed by atoms with Gasteiger partial charge in [-0.05, 0) is 24.3 Å². The smallest absolute Gasteiger partial charge is 0.342 e. The van der Waals surface area contributed by atoms with E-state index in [0.29, 0.717) is 11.3 Å². The van der Waals surface area contributed by atoms with Gasteiger partial charge < -0.3 is 10.1 Å². The molecule has 0 aliphatic carbocycles. The summed E-state index contributed by atoms with van der Waals surface area (Å²) < 4.78 is 17.9. The predicted octanol–water partition coefficient (Wildman–Crippen LogP) is 1.51. The van der Waals surface area contributed by atoms with Gasteiger partial charge in [0.2, 0.25) is 5.91 Å². The van der Waals surface area contributed by atoms with Crippen molar-refractivity contribution in [2.75, 3.05) is 13.7 Å². The van der Waals surface area contributed by atoms with Crippen molar-refractivity contribution in [3.05, 3.63) is 41.8 Å². The van der Waals surface area contributed by atoms with E-state index >= 15 is 0 Å². The SMILES string of the molecule is CNC(=O)CCOC(=O)c1cn[nH]c1-c1ccc(F)cc1. The molecule has 7 heteroatoms. The lowest BCUT2D eigenvalue weighted by atomic mass is 10.1. The first-order valence-electron chi connectivity index (χ1n) is 6.29. The fourth-order valence-electron chi connectivity index (χ4n) is 1.72. The number of benzene rings is 1. The van der Waals surface area contributed by atoms with Crippen molar-refractivity contribution in [1.29, 1.82) is 0 Å². The number of H-pyrrole nitrogens is 1. The van der Waals surface area contributed by atoms with Crippen LogP contribution >= 0.6 is 0 Å². The highest BCUT2D eigenvalue weighted by atomic mass is 19.1. The van der Waals surface area contributed by atoms with E-state index < -0.39 is 5.97 Å². The van der Waals surface area contributed by atoms with Gasteiger partial charge >= 0.3 is 5.97 Å². The Morgan fingerprint density at radius 1 is 1.33 bits per heavy atom. The van der Waals surface area contributed by atoms with Crippen molar-refractivity contribution < 1.29 is 18.7 Å². The largest absolute Gasteiger partial charge is 0.461 e. The minimum atomic E-state index is -0.591. The number of nitrogens with one attached hydrogen (secondary N) is 2. The van der Waals surface area contributed by atoms with E-state index in [9.17, 15) is 14.0 Å². The molecule has 0 saturated carbocycles. The summed E-state index contributed by atoms with van der Waals surface area (Å²) in [7, 11) is 1.51. The Bertz CT molecular complexity index is 637. The fraction of sp³-hybridized carbons (Fsp3) is 0.214. The van der Waals surface area contributed by atoms with Crippen molar-refractivity contribution in [1.82, 2.24) is 15.5 Å². The second-order valence-electron chi connectivity index (χ2n) is 4.22. The molecule has 1 aromatic heterocycles. The van der Waals surface area contributed by atoms with Crippen LogP contribution in [0, 0.1) is 5.82 Å². The lowest BCUT2D eigenvalue weighted by molar-refractivity contribution is -0.121. The molecule has 0 unspecified atom stereocenters. The van der Waals surface area contributed by atoms with Crippen LogP contribution in [-0.4, -0.2) is 35.7 Å². The van der Waals surface area contributed by atoms with Crippen molar-refractivity contribution in [2.45, 2.75) is 6.42 Å². The van der Waals surface area contributed by atoms with Gasteiger partial charge in [0.1, 0.15) is 18.0 Å². The van der Waals surface area contributed by atoms with Crippen LogP contribution in [-0.2, 0) is 9.53 Å². The molecule has 2 aromatic rings. The van der Waals surface area contributed by atoms with E-state index in [4.69, 9.17) is 4.74 Å². The number of amides is 1. The Balaban J connectivity index is 2.07. The summed E-state index contributed by atoms with van der Waals surface area (Å²) in [6.45, 7) is -0.0213. The monoisotopic (exact) mass is 291 g/mol. The Morgan fingerprint density at radius 2 is 2.05 bits per heavy atom. The van der Waals surface area contributed by atoms with Gasteiger partial charge in [0.15, 0.2) is 0 Å². The zero-order chi connectivity index (χ0) is 15.2. The third-order valence-corrected chi connectivity index (χ3v) is 2.83. The van der Waals surface area contributed by atoms with Crippen molar-refractivity contribution >= 4 is 11.9 Å². The summed E-state index contributed by atoms with van der Waals surface area (Å²) in [5.74, 6) is -1.17. The van der Waals surface area contributed by atoms with Crippen LogP contribution in [0.2, 0.25) is 0 Å². The summed E-state index contributed by atoms with van der Waals surface area (Å²) in [5, 5.41) is 8.91. The van der Waals surface area contributed by atoms with Crippen LogP contribution in [0.1, 0.15) is 16.8 Å². The maximum atomic E-state index is 12.9. The average molecular weight is 291 g/mol. The third kappa shape index (κ3) is 3.65. The van der Waals surface area contributed by atoms with Gasteiger partial charge in [-0.3, -0.25) is 9.89 Å². The molecule has 1 aromatic carbocycles. The molecule has 0 bridgehead atoms. The van der Waals surface area contributed by atoms with E-state index in [1.165, 1.54) is 37.5 Å². The molecule has 0 fully saturated rings. The topological polar surface area (TPSA) is 84.1 Å². The standard InChI is InChI=1S/C14H14FN3O3/c1-16-12(19)6-7-21-14(20)11-8-17-18-13(11)9-2-4-10(15)5-3-9/h2-5,8H,6-7H2,1H3,(H,16,19)(H,17,18). The summed E-state index contributed by atoms with van der Waals surface area (Å²) in [6.07, 6.45) is 1.42. The van der Waals surface area contributed by atoms with Crippen LogP contribution in [0.4, 0.5) is 4.39 Å². The van der Waals surface area contributed by atoms with Crippen molar-refractivity contribution in [3.63, 3.8) is 0 Å². The van der Waals surface area contributed by atoms with Crippen LogP contribution in [0.25, 0.3) is 11.3 Å². The average Bonchev–Trinajstić information content (AvgIpc) is 2.97. The number of nitrogens with zero attached hydrogens (tertiary/aromatic N) is 1. The first-order chi connectivity index (χ1) is 10.1. The number of rotatable bonds is 5. The van der Waals surface area contributed by atoms with Crippen LogP contribution in [0.15, 0.2) is 30.5 Å². The summed E-state index contributed by atoms with van der Waals surface area (Å²) in [4.78, 5) is 23.0.